The van der Waals surface area contributed by atoms with Gasteiger partial charge in [0.25, 0.3) is 0 Å². The van der Waals surface area contributed by atoms with Crippen LogP contribution in [-0.2, 0) is 5.41 Å². The van der Waals surface area contributed by atoms with Crippen LogP contribution in [0.5, 0.6) is 0 Å². The number of hydrogen-bond donors (Lipinski definition) is 0. The lowest BCUT2D eigenvalue weighted by molar-refractivity contribution is 0.608. The van der Waals surface area contributed by atoms with E-state index >= 15 is 0 Å². The van der Waals surface area contributed by atoms with Crippen LogP contribution in [0.3, 0.4) is 0 Å². The number of fused-ring (bicyclic) bond motifs is 12. The molecule has 256 valence electrons. The van der Waals surface area contributed by atoms with Crippen LogP contribution in [0.25, 0.3) is 86.3 Å². The van der Waals surface area contributed by atoms with Crippen LogP contribution in [0.4, 0.5) is 0 Å². The highest BCUT2D eigenvalue weighted by Gasteiger charge is 2.39. The molecule has 3 aromatic heterocycles. The standard InChI is InChI=1S/C51H36N2S/c1-51(2)40-19-9-6-15-37(40)48-34(18-12-20-41(48)51)31-23-25-35-36-26-24-33(30-47(36)54-46(35)29-31)53-43-22-11-8-17-39(43)50-45(53)28-27-44-49(50)38-16-7-10-21-42(38)52(44)32-13-4-3-5-14-32/h3-11,13-19,21-30H,12,20H2,1-2H3. The van der Waals surface area contributed by atoms with E-state index in [4.69, 9.17) is 0 Å². The zero-order valence-corrected chi connectivity index (χ0v) is 31.0. The summed E-state index contributed by atoms with van der Waals surface area (Å²) in [7, 11) is 0. The molecule has 0 bridgehead atoms. The molecule has 54 heavy (non-hydrogen) atoms. The molecule has 2 aliphatic carbocycles. The smallest absolute Gasteiger partial charge is 0.0548 e. The predicted octanol–water partition coefficient (Wildman–Crippen LogP) is 14.2. The van der Waals surface area contributed by atoms with E-state index < -0.39 is 0 Å². The highest BCUT2D eigenvalue weighted by molar-refractivity contribution is 7.25. The maximum atomic E-state index is 2.49. The first-order chi connectivity index (χ1) is 26.6. The van der Waals surface area contributed by atoms with Crippen LogP contribution in [0, 0.1) is 0 Å². The van der Waals surface area contributed by atoms with Gasteiger partial charge in [0.15, 0.2) is 0 Å². The Morgan fingerprint density at radius 1 is 0.519 bits per heavy atom. The highest BCUT2D eigenvalue weighted by atomic mass is 32.1. The molecule has 0 fully saturated rings. The van der Waals surface area contributed by atoms with Gasteiger partial charge < -0.3 is 9.13 Å². The largest absolute Gasteiger partial charge is 0.309 e. The van der Waals surface area contributed by atoms with Crippen LogP contribution in [0.1, 0.15) is 43.4 Å². The summed E-state index contributed by atoms with van der Waals surface area (Å²) in [5, 5.41) is 7.83. The number of hydrogen-bond acceptors (Lipinski definition) is 1. The fourth-order valence-electron chi connectivity index (χ4n) is 10.1. The third-order valence-electron chi connectivity index (χ3n) is 12.5. The zero-order chi connectivity index (χ0) is 35.7. The number of rotatable bonds is 3. The van der Waals surface area contributed by atoms with E-state index in [2.05, 4.69) is 181 Å². The van der Waals surface area contributed by atoms with Gasteiger partial charge in [0.05, 0.1) is 22.1 Å². The second kappa shape index (κ2) is 10.9. The van der Waals surface area contributed by atoms with Gasteiger partial charge in [-0.3, -0.25) is 0 Å². The van der Waals surface area contributed by atoms with Crippen molar-refractivity contribution in [3.63, 3.8) is 0 Å². The van der Waals surface area contributed by atoms with E-state index in [0.29, 0.717) is 0 Å². The minimum atomic E-state index is 0.0705. The van der Waals surface area contributed by atoms with E-state index in [1.807, 2.05) is 11.3 Å². The maximum absolute atomic E-state index is 2.49. The minimum absolute atomic E-state index is 0.0705. The summed E-state index contributed by atoms with van der Waals surface area (Å²) in [6, 6.07) is 56.5. The highest BCUT2D eigenvalue weighted by Crippen LogP contribution is 2.54. The van der Waals surface area contributed by atoms with Gasteiger partial charge in [-0.1, -0.05) is 123 Å². The van der Waals surface area contributed by atoms with Gasteiger partial charge in [-0.2, -0.15) is 0 Å². The van der Waals surface area contributed by atoms with Crippen molar-refractivity contribution >= 4 is 86.3 Å². The molecular formula is C51H36N2S. The minimum Gasteiger partial charge on any atom is -0.309 e. The molecule has 0 atom stereocenters. The summed E-state index contributed by atoms with van der Waals surface area (Å²) < 4.78 is 7.56. The van der Waals surface area contributed by atoms with Gasteiger partial charge in [-0.15, -0.1) is 11.3 Å². The number of para-hydroxylation sites is 3. The molecule has 0 saturated carbocycles. The molecule has 0 amide bonds. The fraction of sp³-hybridized carbons (Fsp3) is 0.0980. The summed E-state index contributed by atoms with van der Waals surface area (Å²) >= 11 is 1.92. The molecule has 2 aliphatic rings. The third-order valence-corrected chi connectivity index (χ3v) is 13.6. The number of benzene rings is 7. The number of thiophene rings is 1. The number of aromatic nitrogens is 2. The van der Waals surface area contributed by atoms with Crippen molar-refractivity contribution in [3.8, 4) is 11.4 Å². The first-order valence-corrected chi connectivity index (χ1v) is 19.9. The van der Waals surface area contributed by atoms with Gasteiger partial charge in [0.2, 0.25) is 0 Å². The normalized spacial score (nSPS) is 15.3. The molecule has 3 heteroatoms. The monoisotopic (exact) mass is 708 g/mol. The quantitative estimate of drug-likeness (QED) is 0.173. The third kappa shape index (κ3) is 4.00. The van der Waals surface area contributed by atoms with Crippen LogP contribution in [-0.4, -0.2) is 9.13 Å². The Bertz CT molecular complexity index is 3290. The molecule has 0 saturated heterocycles. The molecule has 0 unspecified atom stereocenters. The summed E-state index contributed by atoms with van der Waals surface area (Å²) in [6.07, 6.45) is 4.72. The molecule has 0 radical (unpaired) electrons. The van der Waals surface area contributed by atoms with E-state index in [9.17, 15) is 0 Å². The SMILES string of the molecule is CC1(C)C2=C(C(c3ccc4c(c3)sc3cc(-n5c6ccccc6c6c7c8ccccc8n(-c8ccccc8)c7ccc65)ccc34)=CCC2)c2ccccc21. The Kier molecular flexibility index (Phi) is 6.14. The zero-order valence-electron chi connectivity index (χ0n) is 30.2. The average molecular weight is 709 g/mol. The Hall–Kier alpha value is -6.16. The van der Waals surface area contributed by atoms with Gasteiger partial charge in [0.1, 0.15) is 0 Å². The lowest BCUT2D eigenvalue weighted by Gasteiger charge is -2.27. The fourth-order valence-corrected chi connectivity index (χ4v) is 11.3. The lowest BCUT2D eigenvalue weighted by atomic mass is 9.77. The predicted molar refractivity (Wildman–Crippen MR) is 232 cm³/mol. The number of allylic oxidation sites excluding steroid dienone is 4. The van der Waals surface area contributed by atoms with E-state index in [-0.39, 0.29) is 5.41 Å². The molecule has 7 aromatic carbocycles. The molecule has 12 rings (SSSR count). The Morgan fingerprint density at radius 2 is 1.13 bits per heavy atom. The summed E-state index contributed by atoms with van der Waals surface area (Å²) in [5.74, 6) is 0. The molecule has 3 heterocycles. The van der Waals surface area contributed by atoms with Crippen LogP contribution in [0.15, 0.2) is 163 Å². The molecule has 0 spiro atoms. The Labute approximate surface area is 317 Å². The van der Waals surface area contributed by atoms with Crippen molar-refractivity contribution in [2.45, 2.75) is 32.1 Å². The van der Waals surface area contributed by atoms with Crippen molar-refractivity contribution in [2.75, 3.05) is 0 Å². The lowest BCUT2D eigenvalue weighted by Crippen LogP contribution is -2.17. The van der Waals surface area contributed by atoms with Crippen LogP contribution < -0.4 is 0 Å². The molecule has 0 aliphatic heterocycles. The number of nitrogens with zero attached hydrogens (tertiary/aromatic N) is 2. The molecular weight excluding hydrogens is 673 g/mol. The second-order valence-corrected chi connectivity index (χ2v) is 16.7. The van der Waals surface area contributed by atoms with E-state index in [1.54, 1.807) is 5.57 Å². The summed E-state index contributed by atoms with van der Waals surface area (Å²) in [4.78, 5) is 0. The van der Waals surface area contributed by atoms with Gasteiger partial charge in [-0.25, -0.2) is 0 Å². The summed E-state index contributed by atoms with van der Waals surface area (Å²) in [5.41, 5.74) is 16.0. The van der Waals surface area contributed by atoms with Gasteiger partial charge in [-0.05, 0) is 95.3 Å². The summed E-state index contributed by atoms with van der Waals surface area (Å²) in [6.45, 7) is 4.82. The van der Waals surface area contributed by atoms with E-state index in [1.165, 1.54) is 103 Å². The Balaban J connectivity index is 1.04. The first kappa shape index (κ1) is 30.3. The van der Waals surface area contributed by atoms with Crippen LogP contribution >= 0.6 is 11.3 Å². The first-order valence-electron chi connectivity index (χ1n) is 19.1. The topological polar surface area (TPSA) is 9.86 Å². The van der Waals surface area contributed by atoms with Crippen LogP contribution in [0.2, 0.25) is 0 Å². The molecule has 10 aromatic rings. The van der Waals surface area contributed by atoms with E-state index in [0.717, 1.165) is 12.8 Å². The van der Waals surface area contributed by atoms with Gasteiger partial charge in [0, 0.05) is 58.5 Å². The van der Waals surface area contributed by atoms with Crippen molar-refractivity contribution in [3.05, 3.63) is 180 Å². The molecule has 0 N–H and O–H groups in total. The van der Waals surface area contributed by atoms with Crippen molar-refractivity contribution in [1.82, 2.24) is 9.13 Å². The van der Waals surface area contributed by atoms with Crippen molar-refractivity contribution in [1.29, 1.82) is 0 Å². The average Bonchev–Trinajstić information content (AvgIpc) is 3.92. The Morgan fingerprint density at radius 3 is 1.87 bits per heavy atom. The van der Waals surface area contributed by atoms with Crippen molar-refractivity contribution < 1.29 is 0 Å². The van der Waals surface area contributed by atoms with Crippen molar-refractivity contribution in [2.24, 2.45) is 0 Å². The second-order valence-electron chi connectivity index (χ2n) is 15.6. The maximum Gasteiger partial charge on any atom is 0.0548 e. The van der Waals surface area contributed by atoms with Gasteiger partial charge >= 0.3 is 0 Å². The molecule has 2 nitrogen and oxygen atoms in total.